The van der Waals surface area contributed by atoms with Crippen molar-refractivity contribution in [3.05, 3.63) is 33.8 Å². The number of Topliss-reactive ketones (excluding diaryl/α,β-unsaturated/α-hetero) is 2. The first-order valence-corrected chi connectivity index (χ1v) is 7.22. The van der Waals surface area contributed by atoms with Crippen LogP contribution in [0.4, 0.5) is 0 Å². The molecular formula is C15H15N3O4. The molecule has 2 aliphatic heterocycles. The molecule has 0 saturated carbocycles. The fraction of sp³-hybridized carbons (Fsp3) is 0.400. The van der Waals surface area contributed by atoms with E-state index in [1.54, 1.807) is 11.5 Å². The largest absolute Gasteiger partial charge is 0.462 e. The van der Waals surface area contributed by atoms with Crippen LogP contribution in [0.2, 0.25) is 0 Å². The maximum atomic E-state index is 12.6. The molecule has 0 amide bonds. The van der Waals surface area contributed by atoms with Gasteiger partial charge in [0, 0.05) is 18.2 Å². The first-order chi connectivity index (χ1) is 10.5. The molecule has 1 saturated heterocycles. The standard InChI is InChI=1S/C15H15N3O4/c1-3-22-15(21)8-7-12(13(19)5(2)9(16)14(7)20)18-4-6-10(17-6)11(8)18/h6,10,17H,3-4,16H2,1-2H3/t6-,10-/m0/s1. The molecule has 0 aromatic carbocycles. The van der Waals surface area contributed by atoms with Crippen molar-refractivity contribution in [3.8, 4) is 0 Å². The van der Waals surface area contributed by atoms with Gasteiger partial charge in [-0.1, -0.05) is 0 Å². The van der Waals surface area contributed by atoms with Gasteiger partial charge in [-0.2, -0.15) is 0 Å². The van der Waals surface area contributed by atoms with Crippen LogP contribution in [-0.2, 0) is 11.3 Å². The minimum atomic E-state index is -0.574. The Morgan fingerprint density at radius 3 is 2.82 bits per heavy atom. The van der Waals surface area contributed by atoms with Crippen LogP contribution in [0, 0.1) is 0 Å². The number of hydrogen-bond donors (Lipinski definition) is 2. The predicted molar refractivity (Wildman–Crippen MR) is 75.6 cm³/mol. The van der Waals surface area contributed by atoms with E-state index < -0.39 is 11.8 Å². The number of carbonyl (C=O) groups excluding carboxylic acids is 3. The highest BCUT2D eigenvalue weighted by Crippen LogP contribution is 2.45. The van der Waals surface area contributed by atoms with E-state index in [0.717, 1.165) is 0 Å². The molecular weight excluding hydrogens is 286 g/mol. The first kappa shape index (κ1) is 13.3. The van der Waals surface area contributed by atoms with Gasteiger partial charge >= 0.3 is 5.97 Å². The number of carbonyl (C=O) groups is 3. The summed E-state index contributed by atoms with van der Waals surface area (Å²) in [4.78, 5) is 37.5. The van der Waals surface area contributed by atoms with Crippen LogP contribution in [-0.4, -0.2) is 34.8 Å². The van der Waals surface area contributed by atoms with E-state index in [9.17, 15) is 14.4 Å². The molecule has 3 N–H and O–H groups in total. The highest BCUT2D eigenvalue weighted by Gasteiger charge is 2.53. The van der Waals surface area contributed by atoms with Gasteiger partial charge in [-0.05, 0) is 13.8 Å². The van der Waals surface area contributed by atoms with Crippen LogP contribution >= 0.6 is 0 Å². The third-order valence-electron chi connectivity index (χ3n) is 4.58. The molecule has 4 rings (SSSR count). The minimum absolute atomic E-state index is 0.00661. The van der Waals surface area contributed by atoms with Crippen molar-refractivity contribution in [2.75, 3.05) is 6.61 Å². The van der Waals surface area contributed by atoms with Gasteiger partial charge < -0.3 is 20.4 Å². The van der Waals surface area contributed by atoms with Crippen molar-refractivity contribution in [3.63, 3.8) is 0 Å². The summed E-state index contributed by atoms with van der Waals surface area (Å²) in [6, 6.07) is 0.229. The van der Waals surface area contributed by atoms with Crippen molar-refractivity contribution < 1.29 is 19.1 Å². The molecule has 0 unspecified atom stereocenters. The highest BCUT2D eigenvalue weighted by atomic mass is 16.5. The summed E-state index contributed by atoms with van der Waals surface area (Å²) in [7, 11) is 0. The van der Waals surface area contributed by atoms with Crippen molar-refractivity contribution in [1.29, 1.82) is 0 Å². The molecule has 0 bridgehead atoms. The van der Waals surface area contributed by atoms with Gasteiger partial charge in [0.05, 0.1) is 35.2 Å². The molecule has 0 radical (unpaired) electrons. The number of nitrogens with zero attached hydrogens (tertiary/aromatic N) is 1. The Balaban J connectivity index is 2.01. The minimum Gasteiger partial charge on any atom is -0.462 e. The summed E-state index contributed by atoms with van der Waals surface area (Å²) in [5.41, 5.74) is 7.18. The zero-order valence-electron chi connectivity index (χ0n) is 12.2. The lowest BCUT2D eigenvalue weighted by atomic mass is 9.90. The van der Waals surface area contributed by atoms with E-state index >= 15 is 0 Å². The van der Waals surface area contributed by atoms with Gasteiger partial charge in [-0.3, -0.25) is 9.59 Å². The van der Waals surface area contributed by atoms with Crippen molar-refractivity contribution >= 4 is 17.5 Å². The average molecular weight is 301 g/mol. The van der Waals surface area contributed by atoms with Crippen LogP contribution in [0.15, 0.2) is 11.3 Å². The van der Waals surface area contributed by atoms with Gasteiger partial charge in [-0.25, -0.2) is 4.79 Å². The van der Waals surface area contributed by atoms with Crippen molar-refractivity contribution in [2.45, 2.75) is 32.5 Å². The third kappa shape index (κ3) is 1.41. The Labute approximate surface area is 126 Å². The average Bonchev–Trinajstić information content (AvgIpc) is 3.02. The van der Waals surface area contributed by atoms with Crippen LogP contribution in [0.3, 0.4) is 0 Å². The maximum Gasteiger partial charge on any atom is 0.340 e. The second-order valence-electron chi connectivity index (χ2n) is 5.76. The van der Waals surface area contributed by atoms with E-state index in [2.05, 4.69) is 5.32 Å². The number of allylic oxidation sites excluding steroid dienone is 2. The number of hydrogen-bond acceptors (Lipinski definition) is 6. The summed E-state index contributed by atoms with van der Waals surface area (Å²) >= 11 is 0. The number of nitrogens with one attached hydrogen (secondary N) is 1. The maximum absolute atomic E-state index is 12.6. The van der Waals surface area contributed by atoms with Gasteiger partial charge in [-0.15, -0.1) is 0 Å². The highest BCUT2D eigenvalue weighted by molar-refractivity contribution is 6.29. The molecule has 7 heteroatoms. The van der Waals surface area contributed by atoms with Crippen LogP contribution < -0.4 is 11.1 Å². The molecule has 3 heterocycles. The molecule has 114 valence electrons. The lowest BCUT2D eigenvalue weighted by Crippen LogP contribution is -2.28. The van der Waals surface area contributed by atoms with Crippen molar-refractivity contribution in [1.82, 2.24) is 9.88 Å². The second kappa shape index (κ2) is 4.07. The van der Waals surface area contributed by atoms with E-state index in [0.29, 0.717) is 12.2 Å². The third-order valence-corrected chi connectivity index (χ3v) is 4.58. The molecule has 7 nitrogen and oxygen atoms in total. The van der Waals surface area contributed by atoms with E-state index in [-0.39, 0.29) is 52.6 Å². The molecule has 2 atom stereocenters. The lowest BCUT2D eigenvalue weighted by Gasteiger charge is -2.16. The molecule has 0 spiro atoms. The van der Waals surface area contributed by atoms with Crippen molar-refractivity contribution in [2.24, 2.45) is 5.73 Å². The number of rotatable bonds is 2. The molecule has 22 heavy (non-hydrogen) atoms. The first-order valence-electron chi connectivity index (χ1n) is 7.22. The molecule has 1 aromatic heterocycles. The topological polar surface area (TPSA) is 113 Å². The predicted octanol–water partition coefficient (Wildman–Crippen LogP) is 0.303. The summed E-state index contributed by atoms with van der Waals surface area (Å²) in [5, 5.41) is 3.23. The zero-order valence-corrected chi connectivity index (χ0v) is 12.2. The number of ether oxygens (including phenoxy) is 1. The van der Waals surface area contributed by atoms with Gasteiger partial charge in [0.15, 0.2) is 0 Å². The van der Waals surface area contributed by atoms with Gasteiger partial charge in [0.2, 0.25) is 11.6 Å². The molecule has 3 aliphatic rings. The van der Waals surface area contributed by atoms with E-state index in [1.165, 1.54) is 6.92 Å². The van der Waals surface area contributed by atoms with Crippen LogP contribution in [0.25, 0.3) is 0 Å². The Bertz CT molecular complexity index is 802. The number of fused-ring (bicyclic) bond motifs is 5. The number of aromatic nitrogens is 1. The van der Waals surface area contributed by atoms with Crippen LogP contribution in [0.5, 0.6) is 0 Å². The summed E-state index contributed by atoms with van der Waals surface area (Å²) < 4.78 is 6.87. The fourth-order valence-electron chi connectivity index (χ4n) is 3.42. The fourth-order valence-corrected chi connectivity index (χ4v) is 3.42. The van der Waals surface area contributed by atoms with Gasteiger partial charge in [0.25, 0.3) is 0 Å². The number of ketones is 2. The Hall–Kier alpha value is -2.41. The normalized spacial score (nSPS) is 25.0. The Morgan fingerprint density at radius 1 is 1.41 bits per heavy atom. The smallest absolute Gasteiger partial charge is 0.340 e. The second-order valence-corrected chi connectivity index (χ2v) is 5.76. The summed E-state index contributed by atoms with van der Waals surface area (Å²) in [5.74, 6) is -1.32. The lowest BCUT2D eigenvalue weighted by molar-refractivity contribution is 0.0522. The molecule has 1 fully saturated rings. The monoisotopic (exact) mass is 301 g/mol. The number of esters is 1. The SMILES string of the molecule is CCOC(=O)c1c2c(n3c1[C@H]1N[C@H]1C3)C(=O)C(C)=C(N)C2=O. The summed E-state index contributed by atoms with van der Waals surface area (Å²) in [6.07, 6.45) is 0. The van der Waals surface area contributed by atoms with E-state index in [4.69, 9.17) is 10.5 Å². The zero-order chi connectivity index (χ0) is 15.8. The van der Waals surface area contributed by atoms with Crippen LogP contribution in [0.1, 0.15) is 56.8 Å². The molecule has 1 aromatic rings. The quantitative estimate of drug-likeness (QED) is 0.600. The number of nitrogens with two attached hydrogens (primary N) is 1. The summed E-state index contributed by atoms with van der Waals surface area (Å²) in [6.45, 7) is 4.01. The molecule has 1 aliphatic carbocycles. The Kier molecular flexibility index (Phi) is 2.45. The van der Waals surface area contributed by atoms with Gasteiger partial charge in [0.1, 0.15) is 5.69 Å². The Morgan fingerprint density at radius 2 is 2.14 bits per heavy atom. The van der Waals surface area contributed by atoms with E-state index in [1.807, 2.05) is 0 Å².